The molecule has 2 aliphatic heterocycles. The van der Waals surface area contributed by atoms with Gasteiger partial charge in [0.15, 0.2) is 0 Å². The molecule has 6 rings (SSSR count). The number of esters is 1. The topological polar surface area (TPSA) is 79.4 Å². The quantitative estimate of drug-likeness (QED) is 0.283. The van der Waals surface area contributed by atoms with E-state index in [1.165, 1.54) is 11.8 Å². The van der Waals surface area contributed by atoms with E-state index in [-0.39, 0.29) is 48.5 Å². The van der Waals surface area contributed by atoms with Crippen LogP contribution in [0.4, 0.5) is 5.69 Å². The standard InChI is InChI=1S/C28H37N3O5.2ClH/c1-18-16-28(36-20(3)32)17-19(2)23(18)24-25(28)27(34)31(26(24)33)11-7-10-29-12-14-30(15-13-29)21-8-5-6-9-22(21)35-4;;/h5-6,8-9,16,19,23-25H,7,10-15,17H2,1-4H3;2*1H/t19?,23-,24?,25?,28-;;/m1../s1. The number of piperazine rings is 1. The second kappa shape index (κ2) is 11.8. The number of benzene rings is 1. The number of anilines is 1. The van der Waals surface area contributed by atoms with E-state index < -0.39 is 23.4 Å². The molecule has 2 saturated heterocycles. The van der Waals surface area contributed by atoms with Crippen molar-refractivity contribution in [1.29, 1.82) is 0 Å². The van der Waals surface area contributed by atoms with Gasteiger partial charge in [0.25, 0.3) is 0 Å². The number of para-hydroxylation sites is 2. The van der Waals surface area contributed by atoms with Gasteiger partial charge in [0, 0.05) is 39.6 Å². The SMILES string of the molecule is COc1ccccc1N1CCN(CCCN2C(=O)C3C(C2=O)[C@@]2(OC(C)=O)C=C(C)[C@@H]3C(C)C2)CC1.Cl.Cl. The first-order valence-electron chi connectivity index (χ1n) is 13.1. The summed E-state index contributed by atoms with van der Waals surface area (Å²) in [6.45, 7) is 10.4. The van der Waals surface area contributed by atoms with E-state index in [1.807, 2.05) is 31.2 Å². The first kappa shape index (κ1) is 30.3. The van der Waals surface area contributed by atoms with Crippen molar-refractivity contribution in [2.75, 3.05) is 51.3 Å². The Kier molecular flexibility index (Phi) is 9.43. The van der Waals surface area contributed by atoms with Crippen molar-refractivity contribution in [3.8, 4) is 5.75 Å². The van der Waals surface area contributed by atoms with Crippen LogP contribution in [0.25, 0.3) is 0 Å². The zero-order chi connectivity index (χ0) is 25.6. The number of allylic oxidation sites excluding steroid dienone is 1. The van der Waals surface area contributed by atoms with Gasteiger partial charge >= 0.3 is 5.97 Å². The molecule has 0 N–H and O–H groups in total. The van der Waals surface area contributed by atoms with Crippen LogP contribution in [0.2, 0.25) is 0 Å². The van der Waals surface area contributed by atoms with Crippen LogP contribution < -0.4 is 9.64 Å². The van der Waals surface area contributed by atoms with Crippen LogP contribution in [-0.4, -0.2) is 79.6 Å². The molecule has 38 heavy (non-hydrogen) atoms. The minimum atomic E-state index is -0.995. The van der Waals surface area contributed by atoms with E-state index in [9.17, 15) is 14.4 Å². The molecule has 1 saturated carbocycles. The van der Waals surface area contributed by atoms with Crippen LogP contribution in [0.3, 0.4) is 0 Å². The van der Waals surface area contributed by atoms with E-state index in [2.05, 4.69) is 22.8 Å². The number of rotatable bonds is 7. The van der Waals surface area contributed by atoms with Gasteiger partial charge in [0.2, 0.25) is 11.8 Å². The lowest BCUT2D eigenvalue weighted by Crippen LogP contribution is -2.57. The van der Waals surface area contributed by atoms with Crippen molar-refractivity contribution in [3.05, 3.63) is 35.9 Å². The lowest BCUT2D eigenvalue weighted by molar-refractivity contribution is -0.173. The number of halogens is 2. The minimum Gasteiger partial charge on any atom is -0.495 e. The Balaban J connectivity index is 0.00000200. The number of imide groups is 1. The van der Waals surface area contributed by atoms with Crippen molar-refractivity contribution in [2.45, 2.75) is 39.2 Å². The number of hydrogen-bond donors (Lipinski definition) is 0. The van der Waals surface area contributed by atoms with Crippen molar-refractivity contribution < 1.29 is 23.9 Å². The zero-order valence-electron chi connectivity index (χ0n) is 22.6. The normalized spacial score (nSPS) is 30.3. The third-order valence-corrected chi connectivity index (χ3v) is 8.60. The summed E-state index contributed by atoms with van der Waals surface area (Å²) in [6.07, 6.45) is 3.29. The van der Waals surface area contributed by atoms with Gasteiger partial charge in [-0.05, 0) is 56.4 Å². The van der Waals surface area contributed by atoms with Crippen LogP contribution in [0.15, 0.2) is 35.9 Å². The molecule has 1 aromatic rings. The molecular weight excluding hydrogens is 529 g/mol. The van der Waals surface area contributed by atoms with E-state index in [0.29, 0.717) is 13.0 Å². The van der Waals surface area contributed by atoms with Crippen molar-refractivity contribution >= 4 is 48.3 Å². The highest BCUT2D eigenvalue weighted by Gasteiger charge is 2.67. The summed E-state index contributed by atoms with van der Waals surface area (Å²) < 4.78 is 11.3. The average molecular weight is 569 g/mol. The summed E-state index contributed by atoms with van der Waals surface area (Å²) in [5.41, 5.74) is 1.18. The third-order valence-electron chi connectivity index (χ3n) is 8.60. The maximum absolute atomic E-state index is 13.5. The van der Waals surface area contributed by atoms with E-state index in [0.717, 1.165) is 56.2 Å². The number of fused-ring (bicyclic) bond motifs is 1. The number of likely N-dealkylation sites (tertiary alicyclic amines) is 1. The molecule has 1 aromatic carbocycles. The molecule has 2 bridgehead atoms. The first-order chi connectivity index (χ1) is 17.3. The summed E-state index contributed by atoms with van der Waals surface area (Å²) in [4.78, 5) is 45.2. The summed E-state index contributed by atoms with van der Waals surface area (Å²) in [6, 6.07) is 8.08. The van der Waals surface area contributed by atoms with Crippen LogP contribution in [0.5, 0.6) is 5.75 Å². The van der Waals surface area contributed by atoms with Crippen LogP contribution in [0.1, 0.15) is 33.6 Å². The predicted octanol–water partition coefficient (Wildman–Crippen LogP) is 3.57. The molecule has 3 fully saturated rings. The van der Waals surface area contributed by atoms with Crippen LogP contribution in [-0.2, 0) is 19.1 Å². The van der Waals surface area contributed by atoms with Gasteiger partial charge < -0.3 is 14.4 Å². The second-order valence-electron chi connectivity index (χ2n) is 10.8. The number of carbonyl (C=O) groups is 3. The van der Waals surface area contributed by atoms with Crippen molar-refractivity contribution in [3.63, 3.8) is 0 Å². The van der Waals surface area contributed by atoms with Gasteiger partial charge in [-0.1, -0.05) is 24.6 Å². The van der Waals surface area contributed by atoms with Gasteiger partial charge in [-0.25, -0.2) is 0 Å². The molecule has 3 aliphatic carbocycles. The maximum atomic E-state index is 13.5. The Hall–Kier alpha value is -2.29. The lowest BCUT2D eigenvalue weighted by Gasteiger charge is -2.52. The fourth-order valence-corrected chi connectivity index (χ4v) is 7.28. The fraction of sp³-hybridized carbons (Fsp3) is 0.607. The largest absolute Gasteiger partial charge is 0.495 e. The zero-order valence-corrected chi connectivity index (χ0v) is 24.2. The Morgan fingerprint density at radius 1 is 1.03 bits per heavy atom. The summed E-state index contributed by atoms with van der Waals surface area (Å²) >= 11 is 0. The molecule has 5 aliphatic rings. The van der Waals surface area contributed by atoms with Gasteiger partial charge in [0.05, 0.1) is 24.6 Å². The molecule has 0 spiro atoms. The third kappa shape index (κ3) is 5.15. The van der Waals surface area contributed by atoms with E-state index in [1.54, 1.807) is 7.11 Å². The summed E-state index contributed by atoms with van der Waals surface area (Å²) in [5, 5.41) is 0. The molecule has 10 heteroatoms. The summed E-state index contributed by atoms with van der Waals surface area (Å²) in [7, 11) is 1.70. The van der Waals surface area contributed by atoms with Crippen LogP contribution >= 0.6 is 24.8 Å². The maximum Gasteiger partial charge on any atom is 0.303 e. The smallest absolute Gasteiger partial charge is 0.303 e. The van der Waals surface area contributed by atoms with Crippen molar-refractivity contribution in [2.24, 2.45) is 23.7 Å². The van der Waals surface area contributed by atoms with Crippen molar-refractivity contribution in [1.82, 2.24) is 9.80 Å². The highest BCUT2D eigenvalue weighted by molar-refractivity contribution is 6.07. The highest BCUT2D eigenvalue weighted by Crippen LogP contribution is 2.58. The van der Waals surface area contributed by atoms with Gasteiger partial charge in [-0.2, -0.15) is 0 Å². The number of ether oxygens (including phenoxy) is 2. The average Bonchev–Trinajstić information content (AvgIpc) is 3.10. The molecule has 8 nitrogen and oxygen atoms in total. The highest BCUT2D eigenvalue weighted by atomic mass is 35.5. The van der Waals surface area contributed by atoms with Crippen LogP contribution in [0, 0.1) is 23.7 Å². The number of methoxy groups -OCH3 is 1. The van der Waals surface area contributed by atoms with Gasteiger partial charge in [-0.15, -0.1) is 24.8 Å². The first-order valence-corrected chi connectivity index (χ1v) is 13.1. The molecular formula is C28H39Cl2N3O5. The lowest BCUT2D eigenvalue weighted by atomic mass is 9.54. The molecule has 5 atom stereocenters. The van der Waals surface area contributed by atoms with Gasteiger partial charge in [-0.3, -0.25) is 24.2 Å². The Morgan fingerprint density at radius 2 is 1.71 bits per heavy atom. The minimum absolute atomic E-state index is 0. The van der Waals surface area contributed by atoms with E-state index >= 15 is 0 Å². The predicted molar refractivity (Wildman–Crippen MR) is 150 cm³/mol. The monoisotopic (exact) mass is 567 g/mol. The Bertz CT molecular complexity index is 1090. The number of amides is 2. The molecule has 2 amide bonds. The molecule has 210 valence electrons. The number of nitrogens with zero attached hydrogens (tertiary/aromatic N) is 3. The Morgan fingerprint density at radius 3 is 2.34 bits per heavy atom. The molecule has 2 heterocycles. The van der Waals surface area contributed by atoms with E-state index in [4.69, 9.17) is 9.47 Å². The molecule has 0 radical (unpaired) electrons. The Labute approximate surface area is 237 Å². The summed E-state index contributed by atoms with van der Waals surface area (Å²) in [5.74, 6) is -0.573. The number of hydrogen-bond acceptors (Lipinski definition) is 7. The second-order valence-corrected chi connectivity index (χ2v) is 10.8. The molecule has 0 aromatic heterocycles. The van der Waals surface area contributed by atoms with Gasteiger partial charge in [0.1, 0.15) is 11.4 Å². The fourth-order valence-electron chi connectivity index (χ4n) is 7.28. The molecule has 3 unspecified atom stereocenters. The number of carbonyl (C=O) groups excluding carboxylic acids is 3.